The number of hydrogen-bond acceptors (Lipinski definition) is 2. The maximum Gasteiger partial charge on any atom is 0.0404 e. The standard InChI is InChI=1S/C11H21ClN2/c1-2-14-9-5-6-11(14)10-13-8-4-3-7-12/h3-4,11,13H,2,5-10H2,1H3/b4-3+. The monoisotopic (exact) mass is 216 g/mol. The molecule has 1 saturated heterocycles. The van der Waals surface area contributed by atoms with Gasteiger partial charge in [-0.05, 0) is 25.9 Å². The zero-order valence-corrected chi connectivity index (χ0v) is 9.76. The highest BCUT2D eigenvalue weighted by molar-refractivity contribution is 6.18. The van der Waals surface area contributed by atoms with Gasteiger partial charge in [0.05, 0.1) is 0 Å². The van der Waals surface area contributed by atoms with Crippen molar-refractivity contribution in [2.24, 2.45) is 0 Å². The SMILES string of the molecule is CCN1CCCC1CNC/C=C/CCl. The predicted octanol–water partition coefficient (Wildman–Crippen LogP) is 1.86. The van der Waals surface area contributed by atoms with E-state index in [4.69, 9.17) is 11.6 Å². The summed E-state index contributed by atoms with van der Waals surface area (Å²) >= 11 is 5.53. The van der Waals surface area contributed by atoms with Crippen molar-refractivity contribution in [3.05, 3.63) is 12.2 Å². The molecule has 0 amide bonds. The van der Waals surface area contributed by atoms with Crippen LogP contribution in [-0.4, -0.2) is 43.0 Å². The summed E-state index contributed by atoms with van der Waals surface area (Å²) in [5, 5.41) is 3.44. The molecule has 3 heteroatoms. The second-order valence-corrected chi connectivity index (χ2v) is 4.02. The summed E-state index contributed by atoms with van der Waals surface area (Å²) < 4.78 is 0. The zero-order chi connectivity index (χ0) is 10.2. The average molecular weight is 217 g/mol. The van der Waals surface area contributed by atoms with Crippen LogP contribution in [0.25, 0.3) is 0 Å². The Morgan fingerprint density at radius 3 is 3.07 bits per heavy atom. The molecule has 0 spiro atoms. The van der Waals surface area contributed by atoms with E-state index in [1.54, 1.807) is 0 Å². The number of likely N-dealkylation sites (N-methyl/N-ethyl adjacent to an activating group) is 1. The molecule has 0 radical (unpaired) electrons. The molecule has 1 N–H and O–H groups in total. The third-order valence-electron chi connectivity index (χ3n) is 2.80. The number of hydrogen-bond donors (Lipinski definition) is 1. The largest absolute Gasteiger partial charge is 0.312 e. The normalized spacial score (nSPS) is 23.7. The molecule has 0 saturated carbocycles. The van der Waals surface area contributed by atoms with Crippen molar-refractivity contribution in [2.45, 2.75) is 25.8 Å². The molecule has 1 rings (SSSR count). The fourth-order valence-electron chi connectivity index (χ4n) is 2.02. The van der Waals surface area contributed by atoms with Crippen molar-refractivity contribution >= 4 is 11.6 Å². The highest BCUT2D eigenvalue weighted by atomic mass is 35.5. The number of likely N-dealkylation sites (tertiary alicyclic amines) is 1. The van der Waals surface area contributed by atoms with Crippen LogP contribution in [0.2, 0.25) is 0 Å². The summed E-state index contributed by atoms with van der Waals surface area (Å²) in [5.74, 6) is 0.617. The van der Waals surface area contributed by atoms with Crippen molar-refractivity contribution in [3.63, 3.8) is 0 Å². The second kappa shape index (κ2) is 7.27. The molecule has 1 aliphatic rings. The first-order valence-corrected chi connectivity index (χ1v) is 6.07. The van der Waals surface area contributed by atoms with Gasteiger partial charge in [-0.3, -0.25) is 4.90 Å². The Morgan fingerprint density at radius 1 is 1.50 bits per heavy atom. The van der Waals surface area contributed by atoms with Crippen molar-refractivity contribution in [3.8, 4) is 0 Å². The van der Waals surface area contributed by atoms with Crippen LogP contribution < -0.4 is 5.32 Å². The van der Waals surface area contributed by atoms with Gasteiger partial charge in [0, 0.05) is 25.0 Å². The van der Waals surface area contributed by atoms with E-state index in [0.29, 0.717) is 5.88 Å². The van der Waals surface area contributed by atoms with Gasteiger partial charge >= 0.3 is 0 Å². The van der Waals surface area contributed by atoms with Crippen LogP contribution in [-0.2, 0) is 0 Å². The van der Waals surface area contributed by atoms with Crippen LogP contribution >= 0.6 is 11.6 Å². The maximum absolute atomic E-state index is 5.53. The number of allylic oxidation sites excluding steroid dienone is 1. The van der Waals surface area contributed by atoms with Gasteiger partial charge in [0.2, 0.25) is 0 Å². The average Bonchev–Trinajstić information content (AvgIpc) is 2.65. The maximum atomic E-state index is 5.53. The lowest BCUT2D eigenvalue weighted by Gasteiger charge is -2.22. The number of nitrogens with one attached hydrogen (secondary N) is 1. The van der Waals surface area contributed by atoms with Crippen molar-refractivity contribution in [2.75, 3.05) is 32.1 Å². The molecule has 14 heavy (non-hydrogen) atoms. The van der Waals surface area contributed by atoms with Crippen LogP contribution in [0.3, 0.4) is 0 Å². The lowest BCUT2D eigenvalue weighted by Crippen LogP contribution is -2.37. The molecule has 0 aromatic rings. The molecule has 0 aliphatic carbocycles. The lowest BCUT2D eigenvalue weighted by atomic mass is 10.2. The summed E-state index contributed by atoms with van der Waals surface area (Å²) in [6.07, 6.45) is 6.79. The van der Waals surface area contributed by atoms with Gasteiger partial charge in [-0.2, -0.15) is 0 Å². The molecular weight excluding hydrogens is 196 g/mol. The molecule has 1 fully saturated rings. The molecule has 1 atom stereocenters. The van der Waals surface area contributed by atoms with E-state index < -0.39 is 0 Å². The summed E-state index contributed by atoms with van der Waals surface area (Å²) in [6, 6.07) is 0.754. The van der Waals surface area contributed by atoms with E-state index in [9.17, 15) is 0 Å². The fraction of sp³-hybridized carbons (Fsp3) is 0.818. The van der Waals surface area contributed by atoms with Crippen LogP contribution in [0.15, 0.2) is 12.2 Å². The number of alkyl halides is 1. The first-order valence-electron chi connectivity index (χ1n) is 5.54. The quantitative estimate of drug-likeness (QED) is 0.414. The van der Waals surface area contributed by atoms with Crippen LogP contribution in [0.1, 0.15) is 19.8 Å². The molecule has 1 heterocycles. The molecule has 0 bridgehead atoms. The molecule has 0 aromatic heterocycles. The number of nitrogens with zero attached hydrogens (tertiary/aromatic N) is 1. The van der Waals surface area contributed by atoms with Gasteiger partial charge < -0.3 is 5.32 Å². The molecule has 1 unspecified atom stereocenters. The van der Waals surface area contributed by atoms with E-state index in [2.05, 4.69) is 23.2 Å². The Bertz CT molecular complexity index is 171. The van der Waals surface area contributed by atoms with Gasteiger partial charge in [-0.15, -0.1) is 11.6 Å². The Kier molecular flexibility index (Phi) is 6.24. The van der Waals surface area contributed by atoms with Crippen molar-refractivity contribution < 1.29 is 0 Å². The Morgan fingerprint density at radius 2 is 2.36 bits per heavy atom. The highest BCUT2D eigenvalue weighted by Crippen LogP contribution is 2.15. The third kappa shape index (κ3) is 3.99. The van der Waals surface area contributed by atoms with Crippen LogP contribution in [0.4, 0.5) is 0 Å². The van der Waals surface area contributed by atoms with E-state index >= 15 is 0 Å². The fourth-order valence-corrected chi connectivity index (χ4v) is 2.15. The molecule has 82 valence electrons. The molecule has 1 aliphatic heterocycles. The van der Waals surface area contributed by atoms with Crippen molar-refractivity contribution in [1.29, 1.82) is 0 Å². The van der Waals surface area contributed by atoms with E-state index in [0.717, 1.165) is 19.1 Å². The van der Waals surface area contributed by atoms with Gasteiger partial charge in [0.15, 0.2) is 0 Å². The van der Waals surface area contributed by atoms with Crippen LogP contribution in [0.5, 0.6) is 0 Å². The first-order chi connectivity index (χ1) is 6.88. The van der Waals surface area contributed by atoms with Crippen LogP contribution in [0, 0.1) is 0 Å². The predicted molar refractivity (Wildman–Crippen MR) is 63.0 cm³/mol. The Balaban J connectivity index is 2.08. The van der Waals surface area contributed by atoms with Gasteiger partial charge in [0.1, 0.15) is 0 Å². The summed E-state index contributed by atoms with van der Waals surface area (Å²) in [5.41, 5.74) is 0. The second-order valence-electron chi connectivity index (χ2n) is 3.71. The van der Waals surface area contributed by atoms with E-state index in [1.165, 1.54) is 25.9 Å². The minimum Gasteiger partial charge on any atom is -0.312 e. The lowest BCUT2D eigenvalue weighted by molar-refractivity contribution is 0.262. The molecule has 2 nitrogen and oxygen atoms in total. The summed E-state index contributed by atoms with van der Waals surface area (Å²) in [7, 11) is 0. The van der Waals surface area contributed by atoms with Gasteiger partial charge in [-0.1, -0.05) is 19.1 Å². The van der Waals surface area contributed by atoms with E-state index in [-0.39, 0.29) is 0 Å². The highest BCUT2D eigenvalue weighted by Gasteiger charge is 2.21. The summed E-state index contributed by atoms with van der Waals surface area (Å²) in [6.45, 7) is 6.76. The zero-order valence-electron chi connectivity index (χ0n) is 9.01. The summed E-state index contributed by atoms with van der Waals surface area (Å²) in [4.78, 5) is 2.55. The topological polar surface area (TPSA) is 15.3 Å². The van der Waals surface area contributed by atoms with Gasteiger partial charge in [0.25, 0.3) is 0 Å². The molecule has 0 aromatic carbocycles. The Hall–Kier alpha value is -0.0500. The number of halogens is 1. The van der Waals surface area contributed by atoms with E-state index in [1.807, 2.05) is 6.08 Å². The smallest absolute Gasteiger partial charge is 0.0404 e. The molecular formula is C11H21ClN2. The Labute approximate surface area is 92.3 Å². The van der Waals surface area contributed by atoms with Crippen molar-refractivity contribution in [1.82, 2.24) is 10.2 Å². The van der Waals surface area contributed by atoms with Gasteiger partial charge in [-0.25, -0.2) is 0 Å². The minimum atomic E-state index is 0.617. The third-order valence-corrected chi connectivity index (χ3v) is 2.98. The minimum absolute atomic E-state index is 0.617. The first kappa shape index (κ1) is 12.0. The number of rotatable bonds is 6.